The van der Waals surface area contributed by atoms with E-state index in [9.17, 15) is 14.7 Å². The lowest BCUT2D eigenvalue weighted by atomic mass is 9.78. The molecule has 7 nitrogen and oxygen atoms in total. The van der Waals surface area contributed by atoms with E-state index in [2.05, 4.69) is 6.07 Å². The third kappa shape index (κ3) is 4.50. The molecule has 0 spiro atoms. The lowest BCUT2D eigenvalue weighted by Gasteiger charge is -2.39. The first-order valence-corrected chi connectivity index (χ1v) is 10.8. The first-order valence-electron chi connectivity index (χ1n) is 10.8. The van der Waals surface area contributed by atoms with Crippen LogP contribution in [-0.4, -0.2) is 58.9 Å². The number of benzene rings is 1. The first kappa shape index (κ1) is 21.2. The summed E-state index contributed by atoms with van der Waals surface area (Å²) in [6, 6.07) is 9.75. The normalized spacial score (nSPS) is 20.7. The van der Waals surface area contributed by atoms with Crippen molar-refractivity contribution >= 4 is 17.6 Å². The zero-order valence-electron chi connectivity index (χ0n) is 18.1. The molecule has 1 aromatic carbocycles. The summed E-state index contributed by atoms with van der Waals surface area (Å²) in [6.07, 6.45) is 4.23. The second kappa shape index (κ2) is 8.96. The van der Waals surface area contributed by atoms with Gasteiger partial charge in [-0.2, -0.15) is 0 Å². The Labute approximate surface area is 182 Å². The van der Waals surface area contributed by atoms with Crippen molar-refractivity contribution in [2.75, 3.05) is 26.7 Å². The van der Waals surface area contributed by atoms with Crippen LogP contribution in [0.15, 0.2) is 41.5 Å². The Morgan fingerprint density at radius 3 is 2.81 bits per heavy atom. The van der Waals surface area contributed by atoms with Gasteiger partial charge in [-0.15, -0.1) is 0 Å². The maximum absolute atomic E-state index is 13.1. The van der Waals surface area contributed by atoms with Crippen molar-refractivity contribution in [3.63, 3.8) is 0 Å². The summed E-state index contributed by atoms with van der Waals surface area (Å²) in [5, 5.41) is 9.44. The molecule has 0 radical (unpaired) electrons. The summed E-state index contributed by atoms with van der Waals surface area (Å²) < 4.78 is 7.19. The molecule has 2 aromatic rings. The Hall–Kier alpha value is -3.09. The van der Waals surface area contributed by atoms with Crippen molar-refractivity contribution in [3.05, 3.63) is 53.3 Å². The number of fused-ring (bicyclic) bond motifs is 1. The van der Waals surface area contributed by atoms with Gasteiger partial charge in [-0.3, -0.25) is 14.6 Å². The Morgan fingerprint density at radius 1 is 1.26 bits per heavy atom. The largest absolute Gasteiger partial charge is 0.497 e. The number of hydrogen-bond donors (Lipinski definition) is 1. The van der Waals surface area contributed by atoms with Crippen LogP contribution in [0.4, 0.5) is 0 Å². The number of ether oxygens (including phenoxy) is 1. The maximum atomic E-state index is 13.1. The second-order valence-corrected chi connectivity index (χ2v) is 8.47. The van der Waals surface area contributed by atoms with Gasteiger partial charge in [-0.05, 0) is 72.6 Å². The molecule has 0 unspecified atom stereocenters. The Balaban J connectivity index is 1.56. The lowest BCUT2D eigenvalue weighted by Crippen LogP contribution is -2.45. The zero-order valence-corrected chi connectivity index (χ0v) is 18.1. The molecule has 1 N–H and O–H groups in total. The number of hydrogen-bond acceptors (Lipinski definition) is 4. The van der Waals surface area contributed by atoms with Crippen LogP contribution in [0.1, 0.15) is 40.9 Å². The van der Waals surface area contributed by atoms with Gasteiger partial charge >= 0.3 is 5.97 Å². The van der Waals surface area contributed by atoms with Gasteiger partial charge in [-0.25, -0.2) is 0 Å². The summed E-state index contributed by atoms with van der Waals surface area (Å²) in [6.45, 7) is 1.85. The maximum Gasteiger partial charge on any atom is 0.303 e. The molecular weight excluding hydrogens is 394 g/mol. The number of nitrogens with zero attached hydrogens (tertiary/aromatic N) is 3. The number of aliphatic imine (C=N–C) groups is 1. The van der Waals surface area contributed by atoms with Gasteiger partial charge in [0.05, 0.1) is 7.11 Å². The zero-order chi connectivity index (χ0) is 22.0. The molecule has 7 heteroatoms. The summed E-state index contributed by atoms with van der Waals surface area (Å²) in [7, 11) is 3.53. The van der Waals surface area contributed by atoms with Crippen LogP contribution in [-0.2, 0) is 18.3 Å². The molecule has 1 saturated heterocycles. The molecule has 0 saturated carbocycles. The molecule has 2 atom stereocenters. The van der Waals surface area contributed by atoms with E-state index in [1.165, 1.54) is 5.56 Å². The third-order valence-corrected chi connectivity index (χ3v) is 6.54. The van der Waals surface area contributed by atoms with E-state index in [0.717, 1.165) is 30.0 Å². The fraction of sp³-hybridized carbons (Fsp3) is 0.458. The van der Waals surface area contributed by atoms with E-state index in [1.54, 1.807) is 7.11 Å². The predicted octanol–water partition coefficient (Wildman–Crippen LogP) is 3.02. The highest BCUT2D eigenvalue weighted by Crippen LogP contribution is 2.33. The van der Waals surface area contributed by atoms with Crippen molar-refractivity contribution in [1.82, 2.24) is 9.47 Å². The number of carbonyl (C=O) groups is 2. The number of rotatable bonds is 6. The number of piperidine rings is 1. The lowest BCUT2D eigenvalue weighted by molar-refractivity contribution is -0.138. The van der Waals surface area contributed by atoms with Crippen LogP contribution in [0, 0.1) is 11.8 Å². The van der Waals surface area contributed by atoms with Crippen LogP contribution in [0.2, 0.25) is 0 Å². The standard InChI is InChI=1S/C24H29N3O4/c1-26-10-3-4-22(26)24(30)27-11-8-16(14-23(28)29)18(15-27)13-21-20-6-5-19(31-2)12-17(20)7-9-25-21/h3-6,10,12,16,18H,7-9,11,13-15H2,1-2H3,(H,28,29)/t16-,18-/m0/s1. The topological polar surface area (TPSA) is 84.1 Å². The number of aryl methyl sites for hydroxylation is 1. The monoisotopic (exact) mass is 423 g/mol. The minimum atomic E-state index is -0.784. The van der Waals surface area contributed by atoms with Crippen molar-refractivity contribution in [1.29, 1.82) is 0 Å². The number of aromatic nitrogens is 1. The van der Waals surface area contributed by atoms with Crippen molar-refractivity contribution in [3.8, 4) is 5.75 Å². The predicted molar refractivity (Wildman–Crippen MR) is 118 cm³/mol. The summed E-state index contributed by atoms with van der Waals surface area (Å²) in [4.78, 5) is 31.2. The molecule has 3 heterocycles. The SMILES string of the molecule is COc1ccc2c(c1)CCN=C2C[C@H]1CN(C(=O)c2cccn2C)CC[C@H]1CC(=O)O. The smallest absolute Gasteiger partial charge is 0.303 e. The summed E-state index contributed by atoms with van der Waals surface area (Å²) in [5.74, 6) is 0.137. The fourth-order valence-corrected chi connectivity index (χ4v) is 4.84. The van der Waals surface area contributed by atoms with E-state index in [4.69, 9.17) is 9.73 Å². The van der Waals surface area contributed by atoms with Gasteiger partial charge in [0.25, 0.3) is 5.91 Å². The average Bonchev–Trinajstić information content (AvgIpc) is 3.19. The highest BCUT2D eigenvalue weighted by molar-refractivity contribution is 6.03. The molecule has 0 bridgehead atoms. The molecule has 31 heavy (non-hydrogen) atoms. The molecule has 1 amide bonds. The van der Waals surface area contributed by atoms with E-state index < -0.39 is 5.97 Å². The molecule has 1 fully saturated rings. The van der Waals surface area contributed by atoms with Gasteiger partial charge in [0.1, 0.15) is 11.4 Å². The molecule has 2 aliphatic heterocycles. The summed E-state index contributed by atoms with van der Waals surface area (Å²) >= 11 is 0. The Morgan fingerprint density at radius 2 is 2.10 bits per heavy atom. The van der Waals surface area contributed by atoms with E-state index in [0.29, 0.717) is 31.6 Å². The number of carboxylic acids is 1. The average molecular weight is 424 g/mol. The number of amides is 1. The summed E-state index contributed by atoms with van der Waals surface area (Å²) in [5.41, 5.74) is 4.00. The van der Waals surface area contributed by atoms with Gasteiger partial charge < -0.3 is 19.3 Å². The van der Waals surface area contributed by atoms with E-state index in [1.807, 2.05) is 47.0 Å². The van der Waals surface area contributed by atoms with Gasteiger partial charge in [0.15, 0.2) is 0 Å². The van der Waals surface area contributed by atoms with Crippen molar-refractivity contribution < 1.29 is 19.4 Å². The molecule has 4 rings (SSSR count). The Kier molecular flexibility index (Phi) is 6.11. The minimum absolute atomic E-state index is 0.00185. The van der Waals surface area contributed by atoms with Crippen LogP contribution in [0.25, 0.3) is 0 Å². The van der Waals surface area contributed by atoms with Crippen LogP contribution in [0.3, 0.4) is 0 Å². The molecule has 164 valence electrons. The van der Waals surface area contributed by atoms with E-state index >= 15 is 0 Å². The third-order valence-electron chi connectivity index (χ3n) is 6.54. The molecule has 2 aliphatic rings. The van der Waals surface area contributed by atoms with Crippen LogP contribution < -0.4 is 4.74 Å². The van der Waals surface area contributed by atoms with Crippen molar-refractivity contribution in [2.45, 2.75) is 25.7 Å². The van der Waals surface area contributed by atoms with Crippen LogP contribution >= 0.6 is 0 Å². The quantitative estimate of drug-likeness (QED) is 0.774. The highest BCUT2D eigenvalue weighted by Gasteiger charge is 2.35. The second-order valence-electron chi connectivity index (χ2n) is 8.47. The number of carbonyl (C=O) groups excluding carboxylic acids is 1. The number of likely N-dealkylation sites (tertiary alicyclic amines) is 1. The van der Waals surface area contributed by atoms with Crippen molar-refractivity contribution in [2.24, 2.45) is 23.9 Å². The number of methoxy groups -OCH3 is 1. The molecule has 1 aromatic heterocycles. The van der Waals surface area contributed by atoms with Crippen LogP contribution in [0.5, 0.6) is 5.75 Å². The first-order chi connectivity index (χ1) is 15.0. The van der Waals surface area contributed by atoms with Gasteiger partial charge in [0, 0.05) is 45.0 Å². The highest BCUT2D eigenvalue weighted by atomic mass is 16.5. The molecule has 0 aliphatic carbocycles. The number of aliphatic carboxylic acids is 1. The van der Waals surface area contributed by atoms with Gasteiger partial charge in [-0.1, -0.05) is 0 Å². The Bertz CT molecular complexity index is 1010. The van der Waals surface area contributed by atoms with Gasteiger partial charge in [0.2, 0.25) is 0 Å². The fourth-order valence-electron chi connectivity index (χ4n) is 4.84. The minimum Gasteiger partial charge on any atom is -0.497 e. The molecular formula is C24H29N3O4. The van der Waals surface area contributed by atoms with E-state index in [-0.39, 0.29) is 24.2 Å². The number of carboxylic acid groups (broad SMARTS) is 1.